The monoisotopic (exact) mass is 396 g/mol. The molecule has 7 heteroatoms. The lowest BCUT2D eigenvalue weighted by atomic mass is 9.83. The second-order valence-corrected chi connectivity index (χ2v) is 7.39. The van der Waals surface area contributed by atoms with Crippen LogP contribution >= 0.6 is 0 Å². The first kappa shape index (κ1) is 18.9. The molecule has 0 N–H and O–H groups in total. The van der Waals surface area contributed by atoms with Crippen molar-refractivity contribution in [2.45, 2.75) is 44.9 Å². The van der Waals surface area contributed by atoms with Crippen LogP contribution in [0.3, 0.4) is 0 Å². The van der Waals surface area contributed by atoms with Crippen molar-refractivity contribution >= 4 is 11.9 Å². The SMILES string of the molecule is Cc1cc(C2CCCCC2)c2c(c1)/[N+](=C\c1c(F)c(F)c(F)c(F)c1F)CO2. The fourth-order valence-corrected chi connectivity index (χ4v) is 4.07. The summed E-state index contributed by atoms with van der Waals surface area (Å²) in [4.78, 5) is 0. The third kappa shape index (κ3) is 3.06. The lowest BCUT2D eigenvalue weighted by Gasteiger charge is -2.22. The maximum atomic E-state index is 14.1. The van der Waals surface area contributed by atoms with Gasteiger partial charge in [-0.05, 0) is 31.2 Å². The Morgan fingerprint density at radius 1 is 0.893 bits per heavy atom. The molecule has 0 bridgehead atoms. The highest BCUT2D eigenvalue weighted by Crippen LogP contribution is 2.45. The predicted octanol–water partition coefficient (Wildman–Crippen LogP) is 5.85. The first-order valence-electron chi connectivity index (χ1n) is 9.28. The van der Waals surface area contributed by atoms with E-state index in [1.807, 2.05) is 6.92 Å². The molecule has 2 aliphatic rings. The highest BCUT2D eigenvalue weighted by Gasteiger charge is 2.34. The van der Waals surface area contributed by atoms with E-state index in [9.17, 15) is 22.0 Å². The highest BCUT2D eigenvalue weighted by molar-refractivity contribution is 5.78. The van der Waals surface area contributed by atoms with Crippen LogP contribution in [-0.2, 0) is 0 Å². The second-order valence-electron chi connectivity index (χ2n) is 7.39. The van der Waals surface area contributed by atoms with Crippen molar-refractivity contribution in [1.82, 2.24) is 0 Å². The van der Waals surface area contributed by atoms with Crippen molar-refractivity contribution in [2.24, 2.45) is 0 Å². The molecule has 0 amide bonds. The third-order valence-electron chi connectivity index (χ3n) is 5.47. The molecule has 0 radical (unpaired) electrons. The molecular weight excluding hydrogens is 377 g/mol. The summed E-state index contributed by atoms with van der Waals surface area (Å²) < 4.78 is 75.6. The topological polar surface area (TPSA) is 12.2 Å². The number of halogens is 5. The summed E-state index contributed by atoms with van der Waals surface area (Å²) in [7, 11) is 0. The Hall–Kier alpha value is -2.44. The fraction of sp³-hybridized carbons (Fsp3) is 0.381. The zero-order valence-corrected chi connectivity index (χ0v) is 15.3. The average Bonchev–Trinajstić information content (AvgIpc) is 3.10. The Kier molecular flexibility index (Phi) is 4.85. The largest absolute Gasteiger partial charge is 0.429 e. The van der Waals surface area contributed by atoms with Gasteiger partial charge in [-0.3, -0.25) is 0 Å². The molecule has 1 saturated carbocycles. The lowest BCUT2D eigenvalue weighted by Crippen LogP contribution is -2.13. The molecule has 0 aromatic heterocycles. The molecule has 1 fully saturated rings. The van der Waals surface area contributed by atoms with Crippen LogP contribution in [0.2, 0.25) is 0 Å². The summed E-state index contributed by atoms with van der Waals surface area (Å²) in [6, 6.07) is 3.84. The van der Waals surface area contributed by atoms with Crippen LogP contribution in [0.25, 0.3) is 0 Å². The molecule has 148 valence electrons. The molecule has 0 spiro atoms. The Morgan fingerprint density at radius 3 is 2.14 bits per heavy atom. The molecule has 2 nitrogen and oxygen atoms in total. The minimum Gasteiger partial charge on any atom is -0.429 e. The minimum absolute atomic E-state index is 0.0575. The van der Waals surface area contributed by atoms with Crippen LogP contribution in [-0.4, -0.2) is 17.5 Å². The Labute approximate surface area is 159 Å². The van der Waals surface area contributed by atoms with E-state index in [1.54, 1.807) is 6.07 Å². The van der Waals surface area contributed by atoms with Crippen LogP contribution in [0.5, 0.6) is 5.75 Å². The smallest absolute Gasteiger partial charge is 0.293 e. The van der Waals surface area contributed by atoms with Gasteiger partial charge in [0.1, 0.15) is 5.56 Å². The molecule has 0 atom stereocenters. The quantitative estimate of drug-likeness (QED) is 0.268. The summed E-state index contributed by atoms with van der Waals surface area (Å²) in [5.74, 6) is -8.83. The van der Waals surface area contributed by atoms with E-state index >= 15 is 0 Å². The molecule has 4 rings (SSSR count). The maximum absolute atomic E-state index is 14.1. The van der Waals surface area contributed by atoms with E-state index in [-0.39, 0.29) is 6.73 Å². The zero-order chi connectivity index (χ0) is 20.0. The van der Waals surface area contributed by atoms with Gasteiger partial charge in [-0.1, -0.05) is 25.3 Å². The summed E-state index contributed by atoms with van der Waals surface area (Å²) in [6.07, 6.45) is 6.47. The van der Waals surface area contributed by atoms with E-state index in [1.165, 1.54) is 11.0 Å². The van der Waals surface area contributed by atoms with Gasteiger partial charge < -0.3 is 4.74 Å². The Morgan fingerprint density at radius 2 is 1.50 bits per heavy atom. The number of rotatable bonds is 2. The first-order chi connectivity index (χ1) is 13.4. The Bertz CT molecular complexity index is 950. The number of aryl methyl sites for hydroxylation is 1. The van der Waals surface area contributed by atoms with Crippen molar-refractivity contribution in [3.8, 4) is 5.75 Å². The Balaban J connectivity index is 1.82. The number of ether oxygens (including phenoxy) is 1. The van der Waals surface area contributed by atoms with E-state index in [4.69, 9.17) is 4.74 Å². The van der Waals surface area contributed by atoms with Gasteiger partial charge >= 0.3 is 0 Å². The van der Waals surface area contributed by atoms with Gasteiger partial charge in [-0.15, -0.1) is 0 Å². The van der Waals surface area contributed by atoms with Gasteiger partial charge in [-0.2, -0.15) is 4.58 Å². The van der Waals surface area contributed by atoms with Crippen molar-refractivity contribution in [2.75, 3.05) is 6.73 Å². The summed E-state index contributed by atoms with van der Waals surface area (Å²) >= 11 is 0. The van der Waals surface area contributed by atoms with Crippen LogP contribution in [0.1, 0.15) is 54.7 Å². The van der Waals surface area contributed by atoms with Crippen LogP contribution in [0.15, 0.2) is 12.1 Å². The maximum Gasteiger partial charge on any atom is 0.293 e. The van der Waals surface area contributed by atoms with E-state index < -0.39 is 34.6 Å². The molecule has 28 heavy (non-hydrogen) atoms. The normalized spacial score (nSPS) is 18.4. The number of hydrogen-bond acceptors (Lipinski definition) is 1. The molecular formula is C21H19F5NO+. The molecule has 0 unspecified atom stereocenters. The van der Waals surface area contributed by atoms with Crippen molar-refractivity contribution in [3.63, 3.8) is 0 Å². The first-order valence-corrected chi connectivity index (χ1v) is 9.28. The van der Waals surface area contributed by atoms with E-state index in [0.29, 0.717) is 17.4 Å². The molecule has 1 heterocycles. The second kappa shape index (κ2) is 7.18. The van der Waals surface area contributed by atoms with Crippen LogP contribution in [0, 0.1) is 36.0 Å². The van der Waals surface area contributed by atoms with Gasteiger partial charge in [0.25, 0.3) is 12.4 Å². The molecule has 2 aromatic rings. The minimum atomic E-state index is -2.17. The third-order valence-corrected chi connectivity index (χ3v) is 5.47. The van der Waals surface area contributed by atoms with Crippen molar-refractivity contribution in [3.05, 3.63) is 57.9 Å². The van der Waals surface area contributed by atoms with Crippen molar-refractivity contribution in [1.29, 1.82) is 0 Å². The van der Waals surface area contributed by atoms with Gasteiger partial charge in [0.2, 0.25) is 11.6 Å². The number of benzene rings is 2. The molecule has 1 aliphatic carbocycles. The average molecular weight is 396 g/mol. The summed E-state index contributed by atoms with van der Waals surface area (Å²) in [6.45, 7) is 1.85. The van der Waals surface area contributed by atoms with Gasteiger partial charge in [0, 0.05) is 11.6 Å². The zero-order valence-electron chi connectivity index (χ0n) is 15.3. The molecule has 0 saturated heterocycles. The van der Waals surface area contributed by atoms with Crippen LogP contribution in [0.4, 0.5) is 27.6 Å². The van der Waals surface area contributed by atoms with E-state index in [2.05, 4.69) is 6.07 Å². The summed E-state index contributed by atoms with van der Waals surface area (Å²) in [5, 5.41) is 0. The highest BCUT2D eigenvalue weighted by atomic mass is 19.2. The molecule has 1 aliphatic heterocycles. The lowest BCUT2D eigenvalue weighted by molar-refractivity contribution is -0.452. The van der Waals surface area contributed by atoms with E-state index in [0.717, 1.165) is 43.0 Å². The number of fused-ring (bicyclic) bond motifs is 1. The van der Waals surface area contributed by atoms with Gasteiger partial charge in [0.05, 0.1) is 0 Å². The van der Waals surface area contributed by atoms with Gasteiger partial charge in [0.15, 0.2) is 29.5 Å². The number of hydrogen-bond donors (Lipinski definition) is 0. The predicted molar refractivity (Wildman–Crippen MR) is 93.8 cm³/mol. The summed E-state index contributed by atoms with van der Waals surface area (Å²) in [5.41, 5.74) is 1.58. The van der Waals surface area contributed by atoms with Crippen molar-refractivity contribution < 1.29 is 31.3 Å². The number of nitrogens with zero attached hydrogens (tertiary/aromatic N) is 1. The van der Waals surface area contributed by atoms with Crippen LogP contribution < -0.4 is 4.74 Å². The van der Waals surface area contributed by atoms with Gasteiger partial charge in [-0.25, -0.2) is 22.0 Å². The fourth-order valence-electron chi connectivity index (χ4n) is 4.07. The molecule has 2 aromatic carbocycles. The standard InChI is InChI=1S/C21H19F5NO/c1-11-7-13(12-5-3-2-4-6-12)21-15(8-11)27(10-28-21)9-14-16(22)18(24)20(26)19(25)17(14)23/h7-9,12H,2-6,10H2,1H3/q+1/b27-9-.